The Morgan fingerprint density at radius 1 is 1.36 bits per heavy atom. The summed E-state index contributed by atoms with van der Waals surface area (Å²) in [6.45, 7) is 4.64. The van der Waals surface area contributed by atoms with E-state index in [2.05, 4.69) is 19.1 Å². The molecule has 0 saturated carbocycles. The van der Waals surface area contributed by atoms with Crippen LogP contribution in [-0.4, -0.2) is 18.3 Å². The monoisotopic (exact) mass is 194 g/mol. The molecule has 2 nitrogen and oxygen atoms in total. The average Bonchev–Trinajstić information content (AvgIpc) is 2.17. The lowest BCUT2D eigenvalue weighted by molar-refractivity contribution is 0.200. The van der Waals surface area contributed by atoms with Crippen LogP contribution in [0.1, 0.15) is 24.5 Å². The molecule has 1 aromatic carbocycles. The van der Waals surface area contributed by atoms with E-state index in [0.717, 1.165) is 24.2 Å². The zero-order valence-electron chi connectivity index (χ0n) is 8.92. The van der Waals surface area contributed by atoms with Crippen LogP contribution in [0.25, 0.3) is 0 Å². The summed E-state index contributed by atoms with van der Waals surface area (Å²) in [6.07, 6.45) is 2.28. The molecular formula is C12H18O2. The molecule has 0 atom stereocenters. The predicted molar refractivity (Wildman–Crippen MR) is 57.8 cm³/mol. The van der Waals surface area contributed by atoms with Gasteiger partial charge in [0.05, 0.1) is 6.61 Å². The maximum Gasteiger partial charge on any atom is 0.122 e. The lowest BCUT2D eigenvalue weighted by atomic mass is 10.1. The molecule has 1 rings (SSSR count). The van der Waals surface area contributed by atoms with E-state index in [0.29, 0.717) is 6.61 Å². The van der Waals surface area contributed by atoms with E-state index in [1.165, 1.54) is 5.56 Å². The highest BCUT2D eigenvalue weighted by Crippen LogP contribution is 2.19. The van der Waals surface area contributed by atoms with Gasteiger partial charge >= 0.3 is 0 Å². The first-order chi connectivity index (χ1) is 6.77. The summed E-state index contributed by atoms with van der Waals surface area (Å²) in [5.74, 6) is 0.874. The van der Waals surface area contributed by atoms with E-state index in [4.69, 9.17) is 9.84 Å². The zero-order chi connectivity index (χ0) is 10.4. The summed E-state index contributed by atoms with van der Waals surface area (Å²) in [4.78, 5) is 0. The Morgan fingerprint density at radius 2 is 2.14 bits per heavy atom. The summed E-state index contributed by atoms with van der Waals surface area (Å²) in [6, 6.07) is 6.22. The van der Waals surface area contributed by atoms with Gasteiger partial charge in [-0.05, 0) is 30.5 Å². The van der Waals surface area contributed by atoms with Crippen molar-refractivity contribution in [1.82, 2.24) is 0 Å². The Hall–Kier alpha value is -1.02. The molecule has 0 unspecified atom stereocenters. The Kier molecular flexibility index (Phi) is 4.47. The Labute approximate surface area is 85.5 Å². The van der Waals surface area contributed by atoms with Crippen LogP contribution in [0.4, 0.5) is 0 Å². The Morgan fingerprint density at radius 3 is 2.71 bits per heavy atom. The normalized spacial score (nSPS) is 10.2. The molecule has 1 N–H and O–H groups in total. The number of aliphatic hydroxyl groups is 1. The fourth-order valence-corrected chi connectivity index (χ4v) is 1.47. The van der Waals surface area contributed by atoms with Crippen molar-refractivity contribution in [3.63, 3.8) is 0 Å². The molecule has 0 aromatic heterocycles. The van der Waals surface area contributed by atoms with Gasteiger partial charge in [-0.25, -0.2) is 0 Å². The highest BCUT2D eigenvalue weighted by atomic mass is 16.5. The molecule has 78 valence electrons. The van der Waals surface area contributed by atoms with E-state index in [-0.39, 0.29) is 6.61 Å². The van der Waals surface area contributed by atoms with Gasteiger partial charge in [-0.15, -0.1) is 0 Å². The van der Waals surface area contributed by atoms with Gasteiger partial charge in [0.15, 0.2) is 0 Å². The van der Waals surface area contributed by atoms with Gasteiger partial charge in [0.25, 0.3) is 0 Å². The fraction of sp³-hybridized carbons (Fsp3) is 0.500. The number of ether oxygens (including phenoxy) is 1. The smallest absolute Gasteiger partial charge is 0.122 e. The number of benzene rings is 1. The maximum absolute atomic E-state index is 8.63. The van der Waals surface area contributed by atoms with Crippen LogP contribution in [0.15, 0.2) is 18.2 Å². The van der Waals surface area contributed by atoms with Gasteiger partial charge < -0.3 is 9.84 Å². The molecule has 0 fully saturated rings. The predicted octanol–water partition coefficient (Wildman–Crippen LogP) is 2.32. The highest BCUT2D eigenvalue weighted by molar-refractivity contribution is 5.36. The van der Waals surface area contributed by atoms with Crippen molar-refractivity contribution in [2.45, 2.75) is 26.7 Å². The first-order valence-electron chi connectivity index (χ1n) is 5.11. The molecule has 0 bridgehead atoms. The van der Waals surface area contributed by atoms with E-state index in [1.54, 1.807) is 0 Å². The van der Waals surface area contributed by atoms with Crippen molar-refractivity contribution < 1.29 is 9.84 Å². The van der Waals surface area contributed by atoms with Crippen LogP contribution in [0.2, 0.25) is 0 Å². The van der Waals surface area contributed by atoms with Gasteiger partial charge in [0, 0.05) is 0 Å². The first-order valence-corrected chi connectivity index (χ1v) is 5.11. The minimum atomic E-state index is 0.0656. The minimum Gasteiger partial charge on any atom is -0.491 e. The van der Waals surface area contributed by atoms with Crippen LogP contribution >= 0.6 is 0 Å². The van der Waals surface area contributed by atoms with Crippen molar-refractivity contribution in [2.75, 3.05) is 13.2 Å². The summed E-state index contributed by atoms with van der Waals surface area (Å²) < 4.78 is 5.37. The van der Waals surface area contributed by atoms with E-state index in [9.17, 15) is 0 Å². The first kappa shape index (κ1) is 11.1. The van der Waals surface area contributed by atoms with Crippen LogP contribution in [0.5, 0.6) is 5.75 Å². The third-order valence-electron chi connectivity index (χ3n) is 2.13. The summed E-state index contributed by atoms with van der Waals surface area (Å²) in [5.41, 5.74) is 2.49. The van der Waals surface area contributed by atoms with Gasteiger partial charge in [-0.1, -0.05) is 25.5 Å². The minimum absolute atomic E-state index is 0.0656. The summed E-state index contributed by atoms with van der Waals surface area (Å²) >= 11 is 0. The molecule has 0 amide bonds. The molecule has 2 heteroatoms. The third kappa shape index (κ3) is 3.04. The molecule has 0 heterocycles. The molecule has 0 aliphatic carbocycles. The lowest BCUT2D eigenvalue weighted by Gasteiger charge is -2.09. The van der Waals surface area contributed by atoms with Crippen molar-refractivity contribution in [3.8, 4) is 5.75 Å². The Balaban J connectivity index is 2.68. The largest absolute Gasteiger partial charge is 0.491 e. The number of hydrogen-bond acceptors (Lipinski definition) is 2. The maximum atomic E-state index is 8.63. The Bertz CT molecular complexity index is 282. The molecule has 0 radical (unpaired) electrons. The van der Waals surface area contributed by atoms with E-state index in [1.807, 2.05) is 13.0 Å². The van der Waals surface area contributed by atoms with Crippen molar-refractivity contribution in [1.29, 1.82) is 0 Å². The molecule has 0 spiro atoms. The number of aliphatic hydroxyl groups excluding tert-OH is 1. The lowest BCUT2D eigenvalue weighted by Crippen LogP contribution is -2.03. The molecule has 0 saturated heterocycles. The van der Waals surface area contributed by atoms with Crippen molar-refractivity contribution in [2.24, 2.45) is 0 Å². The molecular weight excluding hydrogens is 176 g/mol. The topological polar surface area (TPSA) is 29.5 Å². The van der Waals surface area contributed by atoms with E-state index < -0.39 is 0 Å². The quantitative estimate of drug-likeness (QED) is 0.779. The average molecular weight is 194 g/mol. The second kappa shape index (κ2) is 5.66. The van der Waals surface area contributed by atoms with Gasteiger partial charge in [-0.3, -0.25) is 0 Å². The zero-order valence-corrected chi connectivity index (χ0v) is 8.92. The molecule has 0 aliphatic rings. The summed E-state index contributed by atoms with van der Waals surface area (Å²) in [5, 5.41) is 8.63. The number of hydrogen-bond donors (Lipinski definition) is 1. The van der Waals surface area contributed by atoms with E-state index >= 15 is 0 Å². The van der Waals surface area contributed by atoms with Crippen LogP contribution in [0.3, 0.4) is 0 Å². The second-order valence-electron chi connectivity index (χ2n) is 3.42. The fourth-order valence-electron chi connectivity index (χ4n) is 1.47. The van der Waals surface area contributed by atoms with Gasteiger partial charge in [0.2, 0.25) is 0 Å². The van der Waals surface area contributed by atoms with Crippen molar-refractivity contribution in [3.05, 3.63) is 29.3 Å². The second-order valence-corrected chi connectivity index (χ2v) is 3.42. The van der Waals surface area contributed by atoms with Crippen LogP contribution < -0.4 is 4.74 Å². The van der Waals surface area contributed by atoms with Gasteiger partial charge in [-0.2, -0.15) is 0 Å². The van der Waals surface area contributed by atoms with Crippen LogP contribution in [0, 0.1) is 6.92 Å². The summed E-state index contributed by atoms with van der Waals surface area (Å²) in [7, 11) is 0. The SMILES string of the molecule is CCCc1ccc(OCCO)c(C)c1. The highest BCUT2D eigenvalue weighted by Gasteiger charge is 2.00. The van der Waals surface area contributed by atoms with Gasteiger partial charge in [0.1, 0.15) is 12.4 Å². The number of rotatable bonds is 5. The molecule has 1 aromatic rings. The third-order valence-corrected chi connectivity index (χ3v) is 2.13. The molecule has 0 aliphatic heterocycles. The van der Waals surface area contributed by atoms with Crippen molar-refractivity contribution >= 4 is 0 Å². The standard InChI is InChI=1S/C12H18O2/c1-3-4-11-5-6-12(10(2)9-11)14-8-7-13/h5-6,9,13H,3-4,7-8H2,1-2H3. The number of aryl methyl sites for hydroxylation is 2. The molecule has 14 heavy (non-hydrogen) atoms. The van der Waals surface area contributed by atoms with Crippen LogP contribution in [-0.2, 0) is 6.42 Å².